The number of nitrogens with two attached hydrogens (primary N) is 1. The first-order valence-corrected chi connectivity index (χ1v) is 8.38. The second-order valence-corrected chi connectivity index (χ2v) is 6.31. The third-order valence-electron chi connectivity index (χ3n) is 4.35. The number of ether oxygens (including phenoxy) is 1. The van der Waals surface area contributed by atoms with E-state index in [0.717, 1.165) is 12.5 Å². The fraction of sp³-hybridized carbons (Fsp3) is 0.611. The summed E-state index contributed by atoms with van der Waals surface area (Å²) in [5.41, 5.74) is 0.635. The minimum atomic E-state index is -0.482. The molecule has 1 atom stereocenters. The Hall–Kier alpha value is -1.39. The molecule has 2 rings (SSSR count). The molecule has 0 amide bonds. The smallest absolute Gasteiger partial charge is 0.159 e. The fourth-order valence-electron chi connectivity index (χ4n) is 3.01. The van der Waals surface area contributed by atoms with Crippen molar-refractivity contribution in [2.24, 2.45) is 5.92 Å². The van der Waals surface area contributed by atoms with Gasteiger partial charge in [0.25, 0.3) is 0 Å². The molecular weight excluding hydrogens is 278 g/mol. The maximum Gasteiger partial charge on any atom is 0.159 e. The van der Waals surface area contributed by atoms with E-state index >= 15 is 0 Å². The second kappa shape index (κ2) is 8.91. The first-order chi connectivity index (χ1) is 10.6. The number of aliphatic hydroxyl groups is 1. The van der Waals surface area contributed by atoms with E-state index in [0.29, 0.717) is 17.9 Å². The maximum atomic E-state index is 11.3. The highest BCUT2D eigenvalue weighted by molar-refractivity contribution is 5.94. The summed E-state index contributed by atoms with van der Waals surface area (Å²) in [5.74, 6) is 1.47. The Bertz CT molecular complexity index is 469. The standard InChI is InChI=1S/C18H27NO3/c1-14(20)16-8-5-9-18(10-16)22-13-17(21)12-19-11-15-6-3-2-4-7-15/h5,8-10,15,17,19,21H,2-4,6-7,11-13H2,1H3/p+1/t17-/m1/s1. The number of quaternary nitrogens is 1. The molecule has 1 aliphatic carbocycles. The number of carbonyl (C=O) groups excluding carboxylic acids is 1. The molecule has 1 saturated carbocycles. The van der Waals surface area contributed by atoms with E-state index in [-0.39, 0.29) is 12.4 Å². The van der Waals surface area contributed by atoms with Gasteiger partial charge in [0.1, 0.15) is 25.0 Å². The molecule has 0 radical (unpaired) electrons. The summed E-state index contributed by atoms with van der Waals surface area (Å²) < 4.78 is 5.58. The van der Waals surface area contributed by atoms with Gasteiger partial charge in [0.15, 0.2) is 5.78 Å². The Morgan fingerprint density at radius 1 is 1.36 bits per heavy atom. The maximum absolute atomic E-state index is 11.3. The van der Waals surface area contributed by atoms with Crippen LogP contribution in [0.5, 0.6) is 5.75 Å². The van der Waals surface area contributed by atoms with Crippen LogP contribution in [0.25, 0.3) is 0 Å². The molecule has 0 aromatic heterocycles. The van der Waals surface area contributed by atoms with Crippen LogP contribution in [0.4, 0.5) is 0 Å². The van der Waals surface area contributed by atoms with Gasteiger partial charge in [-0.25, -0.2) is 0 Å². The highest BCUT2D eigenvalue weighted by Crippen LogP contribution is 2.21. The van der Waals surface area contributed by atoms with Crippen molar-refractivity contribution in [1.82, 2.24) is 0 Å². The molecule has 1 fully saturated rings. The molecule has 4 nitrogen and oxygen atoms in total. The van der Waals surface area contributed by atoms with Crippen molar-refractivity contribution in [2.45, 2.75) is 45.1 Å². The predicted octanol–water partition coefficient (Wildman–Crippen LogP) is 1.77. The lowest BCUT2D eigenvalue weighted by molar-refractivity contribution is -0.667. The van der Waals surface area contributed by atoms with E-state index in [4.69, 9.17) is 4.74 Å². The molecule has 0 saturated heterocycles. The Labute approximate surface area is 132 Å². The number of aliphatic hydroxyl groups excluding tert-OH is 1. The molecule has 1 aromatic rings. The highest BCUT2D eigenvalue weighted by atomic mass is 16.5. The molecule has 0 aliphatic heterocycles. The Kier molecular flexibility index (Phi) is 6.87. The van der Waals surface area contributed by atoms with Gasteiger partial charge in [-0.1, -0.05) is 31.4 Å². The summed E-state index contributed by atoms with van der Waals surface area (Å²) in [5, 5.41) is 12.2. The van der Waals surface area contributed by atoms with Crippen LogP contribution in [0.3, 0.4) is 0 Å². The number of benzene rings is 1. The van der Waals surface area contributed by atoms with Crippen molar-refractivity contribution in [1.29, 1.82) is 0 Å². The summed E-state index contributed by atoms with van der Waals surface area (Å²) in [6.45, 7) is 3.58. The molecule has 1 aromatic carbocycles. The number of hydrogen-bond acceptors (Lipinski definition) is 3. The van der Waals surface area contributed by atoms with Crippen LogP contribution in [0, 0.1) is 5.92 Å². The molecule has 0 heterocycles. The van der Waals surface area contributed by atoms with Crippen molar-refractivity contribution in [3.63, 3.8) is 0 Å². The van der Waals surface area contributed by atoms with Gasteiger partial charge in [-0.05, 0) is 31.9 Å². The van der Waals surface area contributed by atoms with Gasteiger partial charge in [0.05, 0.1) is 6.54 Å². The van der Waals surface area contributed by atoms with Crippen LogP contribution in [0.1, 0.15) is 49.4 Å². The Morgan fingerprint density at radius 3 is 2.86 bits per heavy atom. The molecule has 122 valence electrons. The fourth-order valence-corrected chi connectivity index (χ4v) is 3.01. The number of rotatable bonds is 8. The van der Waals surface area contributed by atoms with E-state index in [1.165, 1.54) is 39.0 Å². The zero-order chi connectivity index (χ0) is 15.8. The van der Waals surface area contributed by atoms with Crippen molar-refractivity contribution in [3.05, 3.63) is 29.8 Å². The van der Waals surface area contributed by atoms with Gasteiger partial charge in [-0.15, -0.1) is 0 Å². The highest BCUT2D eigenvalue weighted by Gasteiger charge is 2.16. The topological polar surface area (TPSA) is 63.1 Å². The summed E-state index contributed by atoms with van der Waals surface area (Å²) in [6.07, 6.45) is 6.28. The molecule has 0 unspecified atom stereocenters. The average molecular weight is 306 g/mol. The third kappa shape index (κ3) is 5.78. The van der Waals surface area contributed by atoms with Crippen LogP contribution >= 0.6 is 0 Å². The Morgan fingerprint density at radius 2 is 2.14 bits per heavy atom. The zero-order valence-electron chi connectivity index (χ0n) is 13.5. The summed E-state index contributed by atoms with van der Waals surface area (Å²) >= 11 is 0. The van der Waals surface area contributed by atoms with E-state index in [1.54, 1.807) is 18.2 Å². The van der Waals surface area contributed by atoms with Gasteiger partial charge in [0, 0.05) is 11.5 Å². The van der Waals surface area contributed by atoms with Gasteiger partial charge >= 0.3 is 0 Å². The summed E-state index contributed by atoms with van der Waals surface area (Å²) in [7, 11) is 0. The molecule has 4 heteroatoms. The average Bonchev–Trinajstić information content (AvgIpc) is 2.54. The predicted molar refractivity (Wildman–Crippen MR) is 86.2 cm³/mol. The van der Waals surface area contributed by atoms with Crippen molar-refractivity contribution < 1.29 is 20.0 Å². The van der Waals surface area contributed by atoms with Crippen LogP contribution in [0.15, 0.2) is 24.3 Å². The van der Waals surface area contributed by atoms with Crippen LogP contribution in [-0.2, 0) is 0 Å². The lowest BCUT2D eigenvalue weighted by Crippen LogP contribution is -2.88. The lowest BCUT2D eigenvalue weighted by atomic mass is 9.89. The zero-order valence-corrected chi connectivity index (χ0v) is 13.5. The van der Waals surface area contributed by atoms with Crippen LogP contribution in [-0.4, -0.2) is 36.7 Å². The van der Waals surface area contributed by atoms with Crippen molar-refractivity contribution in [2.75, 3.05) is 19.7 Å². The number of ketones is 1. The SMILES string of the molecule is CC(=O)c1cccc(OC[C@H](O)C[NH2+]CC2CCCCC2)c1. The molecule has 1 aliphatic rings. The van der Waals surface area contributed by atoms with Gasteiger partial charge < -0.3 is 15.2 Å². The van der Waals surface area contributed by atoms with E-state index in [1.807, 2.05) is 6.07 Å². The summed E-state index contributed by atoms with van der Waals surface area (Å²) in [6, 6.07) is 7.10. The number of Topliss-reactive ketones (excluding diaryl/α,β-unsaturated/α-hetero) is 1. The van der Waals surface area contributed by atoms with Crippen molar-refractivity contribution >= 4 is 5.78 Å². The molecule has 22 heavy (non-hydrogen) atoms. The van der Waals surface area contributed by atoms with Gasteiger partial charge in [-0.2, -0.15) is 0 Å². The normalized spacial score (nSPS) is 17.2. The Balaban J connectivity index is 1.65. The second-order valence-electron chi connectivity index (χ2n) is 6.31. The van der Waals surface area contributed by atoms with E-state index in [9.17, 15) is 9.90 Å². The number of hydrogen-bond donors (Lipinski definition) is 2. The van der Waals surface area contributed by atoms with E-state index in [2.05, 4.69) is 5.32 Å². The van der Waals surface area contributed by atoms with Crippen LogP contribution in [0.2, 0.25) is 0 Å². The molecule has 3 N–H and O–H groups in total. The molecule has 0 bridgehead atoms. The third-order valence-corrected chi connectivity index (χ3v) is 4.35. The number of carbonyl (C=O) groups is 1. The minimum absolute atomic E-state index is 0.0202. The minimum Gasteiger partial charge on any atom is -0.491 e. The monoisotopic (exact) mass is 306 g/mol. The van der Waals surface area contributed by atoms with Crippen LogP contribution < -0.4 is 10.1 Å². The van der Waals surface area contributed by atoms with Gasteiger partial charge in [0.2, 0.25) is 0 Å². The molecular formula is C18H28NO3+. The first-order valence-electron chi connectivity index (χ1n) is 8.38. The first kappa shape index (κ1) is 17.0. The lowest BCUT2D eigenvalue weighted by Gasteiger charge is -2.20. The van der Waals surface area contributed by atoms with Crippen molar-refractivity contribution in [3.8, 4) is 5.75 Å². The van der Waals surface area contributed by atoms with E-state index < -0.39 is 6.10 Å². The van der Waals surface area contributed by atoms with Gasteiger partial charge in [-0.3, -0.25) is 4.79 Å². The quantitative estimate of drug-likeness (QED) is 0.720. The summed E-state index contributed by atoms with van der Waals surface area (Å²) in [4.78, 5) is 11.3. The molecule has 0 spiro atoms. The largest absolute Gasteiger partial charge is 0.491 e.